The number of aromatic nitrogens is 1. The standard InChI is InChI=1S/C14H22N4OS/c1-3-11(13(15)20)17-7-9-18(10-8-17)14-12(19-2)5-4-6-16-14/h4-6,11H,3,7-10H2,1-2H3,(H2,15,20). The molecular formula is C14H22N4OS. The summed E-state index contributed by atoms with van der Waals surface area (Å²) >= 11 is 5.15. The predicted molar refractivity (Wildman–Crippen MR) is 85.4 cm³/mol. The molecule has 1 aliphatic heterocycles. The Kier molecular flexibility index (Phi) is 5.14. The molecule has 1 aromatic heterocycles. The Hall–Kier alpha value is -1.40. The molecule has 0 spiro atoms. The van der Waals surface area contributed by atoms with Crippen molar-refractivity contribution in [1.29, 1.82) is 0 Å². The fraction of sp³-hybridized carbons (Fsp3) is 0.571. The molecule has 0 bridgehead atoms. The number of anilines is 1. The molecule has 0 aromatic carbocycles. The normalized spacial score (nSPS) is 17.8. The van der Waals surface area contributed by atoms with Gasteiger partial charge in [-0.1, -0.05) is 19.1 Å². The summed E-state index contributed by atoms with van der Waals surface area (Å²) in [5.74, 6) is 1.74. The van der Waals surface area contributed by atoms with E-state index in [1.54, 1.807) is 13.3 Å². The van der Waals surface area contributed by atoms with Gasteiger partial charge in [-0.3, -0.25) is 4.90 Å². The zero-order valence-electron chi connectivity index (χ0n) is 12.1. The van der Waals surface area contributed by atoms with Gasteiger partial charge in [0, 0.05) is 32.4 Å². The van der Waals surface area contributed by atoms with Crippen molar-refractivity contribution >= 4 is 23.0 Å². The molecule has 110 valence electrons. The highest BCUT2D eigenvalue weighted by atomic mass is 32.1. The van der Waals surface area contributed by atoms with Gasteiger partial charge >= 0.3 is 0 Å². The maximum absolute atomic E-state index is 5.81. The first-order chi connectivity index (χ1) is 9.67. The molecular weight excluding hydrogens is 272 g/mol. The number of rotatable bonds is 5. The van der Waals surface area contributed by atoms with Crippen LogP contribution in [0.4, 0.5) is 5.82 Å². The van der Waals surface area contributed by atoms with E-state index in [0.717, 1.165) is 44.2 Å². The Morgan fingerprint density at radius 1 is 1.45 bits per heavy atom. The molecule has 1 aromatic rings. The summed E-state index contributed by atoms with van der Waals surface area (Å²) in [6, 6.07) is 4.04. The van der Waals surface area contributed by atoms with E-state index in [1.165, 1.54) is 0 Å². The van der Waals surface area contributed by atoms with E-state index in [4.69, 9.17) is 22.7 Å². The third-order valence-electron chi connectivity index (χ3n) is 3.74. The number of hydrogen-bond acceptors (Lipinski definition) is 5. The van der Waals surface area contributed by atoms with Gasteiger partial charge in [-0.15, -0.1) is 0 Å². The average Bonchev–Trinajstić information content (AvgIpc) is 2.48. The fourth-order valence-corrected chi connectivity index (χ4v) is 2.98. The Morgan fingerprint density at radius 2 is 2.15 bits per heavy atom. The minimum absolute atomic E-state index is 0.206. The summed E-state index contributed by atoms with van der Waals surface area (Å²) in [5.41, 5.74) is 5.81. The van der Waals surface area contributed by atoms with Gasteiger partial charge in [-0.2, -0.15) is 0 Å². The van der Waals surface area contributed by atoms with Crippen molar-refractivity contribution in [2.45, 2.75) is 19.4 Å². The number of piperazine rings is 1. The van der Waals surface area contributed by atoms with Crippen molar-refractivity contribution < 1.29 is 4.74 Å². The van der Waals surface area contributed by atoms with Crippen LogP contribution in [0.2, 0.25) is 0 Å². The number of pyridine rings is 1. The van der Waals surface area contributed by atoms with Gasteiger partial charge in [-0.25, -0.2) is 4.98 Å². The summed E-state index contributed by atoms with van der Waals surface area (Å²) in [7, 11) is 1.68. The van der Waals surface area contributed by atoms with Gasteiger partial charge in [0.2, 0.25) is 0 Å². The van der Waals surface area contributed by atoms with E-state index in [1.807, 2.05) is 12.1 Å². The van der Waals surface area contributed by atoms with Crippen molar-refractivity contribution in [3.05, 3.63) is 18.3 Å². The lowest BCUT2D eigenvalue weighted by molar-refractivity contribution is 0.223. The summed E-state index contributed by atoms with van der Waals surface area (Å²) in [5, 5.41) is 0. The fourth-order valence-electron chi connectivity index (χ4n) is 2.66. The molecule has 2 rings (SSSR count). The van der Waals surface area contributed by atoms with Crippen LogP contribution in [-0.4, -0.2) is 54.2 Å². The van der Waals surface area contributed by atoms with Gasteiger partial charge in [-0.05, 0) is 18.6 Å². The summed E-state index contributed by atoms with van der Waals surface area (Å²) < 4.78 is 5.37. The third-order valence-corrected chi connectivity index (χ3v) is 4.01. The molecule has 5 nitrogen and oxygen atoms in total. The number of nitrogens with zero attached hydrogens (tertiary/aromatic N) is 3. The average molecular weight is 294 g/mol. The van der Waals surface area contributed by atoms with Crippen molar-refractivity contribution in [2.75, 3.05) is 38.2 Å². The number of ether oxygens (including phenoxy) is 1. The molecule has 2 heterocycles. The second-order valence-corrected chi connectivity index (χ2v) is 5.35. The lowest BCUT2D eigenvalue weighted by Gasteiger charge is -2.39. The zero-order chi connectivity index (χ0) is 14.5. The van der Waals surface area contributed by atoms with Gasteiger partial charge in [0.25, 0.3) is 0 Å². The van der Waals surface area contributed by atoms with Gasteiger partial charge in [0.05, 0.1) is 18.1 Å². The number of nitrogens with two attached hydrogens (primary N) is 1. The van der Waals surface area contributed by atoms with E-state index in [2.05, 4.69) is 21.7 Å². The van der Waals surface area contributed by atoms with Crippen LogP contribution < -0.4 is 15.4 Å². The quantitative estimate of drug-likeness (QED) is 0.826. The minimum Gasteiger partial charge on any atom is -0.493 e. The first kappa shape index (κ1) is 15.0. The summed E-state index contributed by atoms with van der Waals surface area (Å²) in [6.45, 7) is 5.82. The highest BCUT2D eigenvalue weighted by molar-refractivity contribution is 7.80. The topological polar surface area (TPSA) is 54.6 Å². The van der Waals surface area contributed by atoms with E-state index in [-0.39, 0.29) is 6.04 Å². The van der Waals surface area contributed by atoms with Gasteiger partial charge < -0.3 is 15.4 Å². The molecule has 1 saturated heterocycles. The van der Waals surface area contributed by atoms with Crippen molar-refractivity contribution in [3.63, 3.8) is 0 Å². The Balaban J connectivity index is 2.02. The highest BCUT2D eigenvalue weighted by Gasteiger charge is 2.25. The van der Waals surface area contributed by atoms with Crippen molar-refractivity contribution in [2.24, 2.45) is 5.73 Å². The zero-order valence-corrected chi connectivity index (χ0v) is 12.9. The summed E-state index contributed by atoms with van der Waals surface area (Å²) in [4.78, 5) is 9.63. The minimum atomic E-state index is 0.206. The van der Waals surface area contributed by atoms with Crippen LogP contribution in [0, 0.1) is 0 Å². The molecule has 0 amide bonds. The highest BCUT2D eigenvalue weighted by Crippen LogP contribution is 2.26. The molecule has 1 atom stereocenters. The first-order valence-corrected chi connectivity index (χ1v) is 7.35. The van der Waals surface area contributed by atoms with E-state index in [0.29, 0.717) is 4.99 Å². The predicted octanol–water partition coefficient (Wildman–Crippen LogP) is 1.28. The Labute approximate surface area is 125 Å². The second kappa shape index (κ2) is 6.85. The molecule has 1 aliphatic rings. The van der Waals surface area contributed by atoms with Crippen LogP contribution in [-0.2, 0) is 0 Å². The van der Waals surface area contributed by atoms with Crippen LogP contribution in [0.25, 0.3) is 0 Å². The molecule has 2 N–H and O–H groups in total. The molecule has 0 radical (unpaired) electrons. The van der Waals surface area contributed by atoms with Gasteiger partial charge in [0.15, 0.2) is 11.6 Å². The monoisotopic (exact) mass is 294 g/mol. The van der Waals surface area contributed by atoms with Crippen molar-refractivity contribution in [1.82, 2.24) is 9.88 Å². The lowest BCUT2D eigenvalue weighted by atomic mass is 10.1. The van der Waals surface area contributed by atoms with Crippen LogP contribution in [0.3, 0.4) is 0 Å². The maximum atomic E-state index is 5.81. The SMILES string of the molecule is CCC(C(N)=S)N1CCN(c2ncccc2OC)CC1. The van der Waals surface area contributed by atoms with Gasteiger partial charge in [0.1, 0.15) is 0 Å². The Morgan fingerprint density at radius 3 is 2.70 bits per heavy atom. The van der Waals surface area contributed by atoms with E-state index in [9.17, 15) is 0 Å². The van der Waals surface area contributed by atoms with E-state index >= 15 is 0 Å². The van der Waals surface area contributed by atoms with Crippen LogP contribution >= 0.6 is 12.2 Å². The molecule has 6 heteroatoms. The molecule has 0 aliphatic carbocycles. The second-order valence-electron chi connectivity index (χ2n) is 4.88. The third kappa shape index (κ3) is 3.19. The number of methoxy groups -OCH3 is 1. The largest absolute Gasteiger partial charge is 0.493 e. The first-order valence-electron chi connectivity index (χ1n) is 6.94. The molecule has 0 saturated carbocycles. The Bertz CT molecular complexity index is 460. The van der Waals surface area contributed by atoms with Crippen molar-refractivity contribution in [3.8, 4) is 5.75 Å². The molecule has 1 unspecified atom stereocenters. The number of thiocarbonyl (C=S) groups is 1. The summed E-state index contributed by atoms with van der Waals surface area (Å²) in [6.07, 6.45) is 2.76. The number of hydrogen-bond donors (Lipinski definition) is 1. The van der Waals surface area contributed by atoms with E-state index < -0.39 is 0 Å². The van der Waals surface area contributed by atoms with Crippen LogP contribution in [0.5, 0.6) is 5.75 Å². The maximum Gasteiger partial charge on any atom is 0.171 e. The molecule has 20 heavy (non-hydrogen) atoms. The smallest absolute Gasteiger partial charge is 0.171 e. The lowest BCUT2D eigenvalue weighted by Crippen LogP contribution is -2.53. The molecule has 1 fully saturated rings. The van der Waals surface area contributed by atoms with Crippen LogP contribution in [0.15, 0.2) is 18.3 Å². The van der Waals surface area contributed by atoms with Crippen LogP contribution in [0.1, 0.15) is 13.3 Å².